The first-order valence-electron chi connectivity index (χ1n) is 11.3. The summed E-state index contributed by atoms with van der Waals surface area (Å²) < 4.78 is 17.2. The summed E-state index contributed by atoms with van der Waals surface area (Å²) in [5.41, 5.74) is 1.83. The molecule has 3 aromatic rings. The van der Waals surface area contributed by atoms with Crippen LogP contribution in [0.25, 0.3) is 10.9 Å². The van der Waals surface area contributed by atoms with Gasteiger partial charge < -0.3 is 24.4 Å². The Hall–Kier alpha value is -3.06. The molecule has 0 radical (unpaired) electrons. The van der Waals surface area contributed by atoms with E-state index in [0.717, 1.165) is 47.9 Å². The Balaban J connectivity index is 1.35. The molecule has 7 heteroatoms. The molecule has 0 spiro atoms. The monoisotopic (exact) mass is 432 g/mol. The van der Waals surface area contributed by atoms with Crippen molar-refractivity contribution in [3.8, 4) is 11.5 Å². The maximum atomic E-state index is 6.32. The number of nitrogens with one attached hydrogen (secondary N) is 1. The third-order valence-electron chi connectivity index (χ3n) is 7.49. The van der Waals surface area contributed by atoms with Gasteiger partial charge in [0.15, 0.2) is 11.5 Å². The Morgan fingerprint density at radius 3 is 2.72 bits per heavy atom. The number of methoxy groups -OCH3 is 2. The maximum absolute atomic E-state index is 6.32. The zero-order valence-corrected chi connectivity index (χ0v) is 18.7. The van der Waals surface area contributed by atoms with Crippen molar-refractivity contribution in [1.82, 2.24) is 9.97 Å². The average Bonchev–Trinajstić information content (AvgIpc) is 3.50. The van der Waals surface area contributed by atoms with E-state index in [4.69, 9.17) is 24.2 Å². The van der Waals surface area contributed by atoms with Crippen LogP contribution in [-0.4, -0.2) is 49.0 Å². The molecule has 3 aliphatic heterocycles. The fourth-order valence-electron chi connectivity index (χ4n) is 5.83. The summed E-state index contributed by atoms with van der Waals surface area (Å²) in [4.78, 5) is 12.3. The highest BCUT2D eigenvalue weighted by molar-refractivity contribution is 5.92. The second-order valence-electron chi connectivity index (χ2n) is 9.27. The molecule has 3 fully saturated rings. The molecule has 4 atom stereocenters. The molecule has 3 saturated heterocycles. The van der Waals surface area contributed by atoms with Gasteiger partial charge in [-0.2, -0.15) is 4.98 Å². The summed E-state index contributed by atoms with van der Waals surface area (Å²) in [5.74, 6) is 4.07. The number of ether oxygens (including phenoxy) is 3. The summed E-state index contributed by atoms with van der Waals surface area (Å²) in [6.07, 6.45) is 2.73. The number of rotatable bonds is 5. The lowest BCUT2D eigenvalue weighted by atomic mass is 9.75. The van der Waals surface area contributed by atoms with Crippen LogP contribution in [0.4, 0.5) is 17.5 Å². The SMILES string of the molecule is COc1ccc(Nc2nc(N3CC4C5CCC(C)(O5)C4C3)nc3ccccc23)cc1OC. The number of nitrogens with zero attached hydrogens (tertiary/aromatic N) is 3. The molecule has 2 bridgehead atoms. The van der Waals surface area contributed by atoms with Gasteiger partial charge in [0.2, 0.25) is 5.95 Å². The molecule has 0 saturated carbocycles. The number of hydrogen-bond donors (Lipinski definition) is 1. The minimum atomic E-state index is 0.0155. The number of hydrogen-bond acceptors (Lipinski definition) is 7. The van der Waals surface area contributed by atoms with Crippen LogP contribution in [0.3, 0.4) is 0 Å². The van der Waals surface area contributed by atoms with E-state index < -0.39 is 0 Å². The van der Waals surface area contributed by atoms with Gasteiger partial charge in [0.25, 0.3) is 0 Å². The molecule has 7 nitrogen and oxygen atoms in total. The predicted octanol–water partition coefficient (Wildman–Crippen LogP) is 4.39. The summed E-state index contributed by atoms with van der Waals surface area (Å²) in [6, 6.07) is 13.9. The molecule has 3 aliphatic rings. The van der Waals surface area contributed by atoms with Crippen molar-refractivity contribution in [2.24, 2.45) is 11.8 Å². The lowest BCUT2D eigenvalue weighted by Crippen LogP contribution is -2.35. The minimum Gasteiger partial charge on any atom is -0.493 e. The molecule has 0 aliphatic carbocycles. The van der Waals surface area contributed by atoms with Crippen LogP contribution >= 0.6 is 0 Å². The van der Waals surface area contributed by atoms with Crippen molar-refractivity contribution in [2.75, 3.05) is 37.5 Å². The Labute approximate surface area is 187 Å². The quantitative estimate of drug-likeness (QED) is 0.641. The molecule has 166 valence electrons. The van der Waals surface area contributed by atoms with Crippen molar-refractivity contribution in [3.63, 3.8) is 0 Å². The Morgan fingerprint density at radius 1 is 1.06 bits per heavy atom. The van der Waals surface area contributed by atoms with Crippen LogP contribution in [0, 0.1) is 11.8 Å². The smallest absolute Gasteiger partial charge is 0.227 e. The lowest BCUT2D eigenvalue weighted by Gasteiger charge is -2.28. The normalized spacial score (nSPS) is 28.2. The Morgan fingerprint density at radius 2 is 1.91 bits per heavy atom. The third kappa shape index (κ3) is 2.98. The zero-order valence-electron chi connectivity index (χ0n) is 18.7. The molecular formula is C25H28N4O3. The van der Waals surface area contributed by atoms with Crippen molar-refractivity contribution >= 4 is 28.4 Å². The van der Waals surface area contributed by atoms with Crippen molar-refractivity contribution in [2.45, 2.75) is 31.5 Å². The van der Waals surface area contributed by atoms with Crippen LogP contribution in [0.2, 0.25) is 0 Å². The van der Waals surface area contributed by atoms with Gasteiger partial charge in [0, 0.05) is 42.1 Å². The second kappa shape index (κ2) is 7.24. The molecule has 1 aromatic heterocycles. The summed E-state index contributed by atoms with van der Waals surface area (Å²) in [7, 11) is 3.28. The van der Waals surface area contributed by atoms with Crippen molar-refractivity contribution in [1.29, 1.82) is 0 Å². The molecule has 32 heavy (non-hydrogen) atoms. The Kier molecular flexibility index (Phi) is 4.43. The van der Waals surface area contributed by atoms with Gasteiger partial charge in [0.1, 0.15) is 5.82 Å². The van der Waals surface area contributed by atoms with Gasteiger partial charge in [-0.25, -0.2) is 4.98 Å². The Bertz CT molecular complexity index is 1190. The van der Waals surface area contributed by atoms with Crippen LogP contribution in [0.15, 0.2) is 42.5 Å². The standard InChI is InChI=1S/C25H28N4O3/c1-25-11-10-20(32-25)17-13-29(14-18(17)25)24-27-19-7-5-4-6-16(19)23(28-24)26-15-8-9-21(30-2)22(12-15)31-3/h4-9,12,17-18,20H,10-11,13-14H2,1-3H3,(H,26,27,28). The highest BCUT2D eigenvalue weighted by Crippen LogP contribution is 2.54. The molecule has 0 amide bonds. The number of fused-ring (bicyclic) bond motifs is 6. The van der Waals surface area contributed by atoms with E-state index in [1.165, 1.54) is 6.42 Å². The first kappa shape index (κ1) is 19.6. The van der Waals surface area contributed by atoms with E-state index in [0.29, 0.717) is 29.4 Å². The highest BCUT2D eigenvalue weighted by atomic mass is 16.5. The topological polar surface area (TPSA) is 68.7 Å². The van der Waals surface area contributed by atoms with E-state index in [1.807, 2.05) is 36.4 Å². The summed E-state index contributed by atoms with van der Waals surface area (Å²) in [6.45, 7) is 4.19. The van der Waals surface area contributed by atoms with Crippen LogP contribution in [0.1, 0.15) is 19.8 Å². The molecule has 4 heterocycles. The fourth-order valence-corrected chi connectivity index (χ4v) is 5.83. The average molecular weight is 433 g/mol. The predicted molar refractivity (Wildman–Crippen MR) is 124 cm³/mol. The van der Waals surface area contributed by atoms with E-state index in [1.54, 1.807) is 14.2 Å². The molecule has 1 N–H and O–H groups in total. The second-order valence-corrected chi connectivity index (χ2v) is 9.27. The van der Waals surface area contributed by atoms with Gasteiger partial charge in [-0.05, 0) is 44.0 Å². The summed E-state index contributed by atoms with van der Waals surface area (Å²) >= 11 is 0. The zero-order chi connectivity index (χ0) is 21.9. The number of para-hydroxylation sites is 1. The largest absolute Gasteiger partial charge is 0.493 e. The fraction of sp³-hybridized carbons (Fsp3) is 0.440. The van der Waals surface area contributed by atoms with Gasteiger partial charge in [-0.1, -0.05) is 12.1 Å². The number of benzene rings is 2. The van der Waals surface area contributed by atoms with Crippen LogP contribution < -0.4 is 19.7 Å². The molecule has 4 unspecified atom stereocenters. The maximum Gasteiger partial charge on any atom is 0.227 e. The third-order valence-corrected chi connectivity index (χ3v) is 7.49. The minimum absolute atomic E-state index is 0.0155. The van der Waals surface area contributed by atoms with Gasteiger partial charge in [0.05, 0.1) is 31.4 Å². The van der Waals surface area contributed by atoms with Gasteiger partial charge in [-0.3, -0.25) is 0 Å². The number of anilines is 3. The summed E-state index contributed by atoms with van der Waals surface area (Å²) in [5, 5.41) is 4.47. The van der Waals surface area contributed by atoms with Gasteiger partial charge in [-0.15, -0.1) is 0 Å². The molecule has 2 aromatic carbocycles. The first-order valence-corrected chi connectivity index (χ1v) is 11.3. The van der Waals surface area contributed by atoms with E-state index in [-0.39, 0.29) is 5.60 Å². The van der Waals surface area contributed by atoms with Crippen molar-refractivity contribution in [3.05, 3.63) is 42.5 Å². The molecule has 6 rings (SSSR count). The molecular weight excluding hydrogens is 404 g/mol. The van der Waals surface area contributed by atoms with Crippen molar-refractivity contribution < 1.29 is 14.2 Å². The van der Waals surface area contributed by atoms with E-state index >= 15 is 0 Å². The van der Waals surface area contributed by atoms with Crippen LogP contribution in [0.5, 0.6) is 11.5 Å². The van der Waals surface area contributed by atoms with Gasteiger partial charge >= 0.3 is 0 Å². The lowest BCUT2D eigenvalue weighted by molar-refractivity contribution is 0.00660. The van der Waals surface area contributed by atoms with E-state index in [9.17, 15) is 0 Å². The van der Waals surface area contributed by atoms with E-state index in [2.05, 4.69) is 23.2 Å². The first-order chi connectivity index (χ1) is 15.6. The highest BCUT2D eigenvalue weighted by Gasteiger charge is 2.59. The van der Waals surface area contributed by atoms with Crippen LogP contribution in [-0.2, 0) is 4.74 Å². The number of aromatic nitrogens is 2.